The van der Waals surface area contributed by atoms with E-state index in [1.54, 1.807) is 6.07 Å². The molecule has 1 atom stereocenters. The van der Waals surface area contributed by atoms with Crippen molar-refractivity contribution in [3.8, 4) is 0 Å². The van der Waals surface area contributed by atoms with Gasteiger partial charge in [0, 0.05) is 37.9 Å². The van der Waals surface area contributed by atoms with Gasteiger partial charge in [0.2, 0.25) is 5.91 Å². The molecule has 1 aliphatic heterocycles. The van der Waals surface area contributed by atoms with E-state index in [2.05, 4.69) is 10.2 Å². The third kappa shape index (κ3) is 4.87. The van der Waals surface area contributed by atoms with Crippen LogP contribution in [0.4, 0.5) is 18.9 Å². The molecule has 0 unspecified atom stereocenters. The molecule has 3 rings (SSSR count). The van der Waals surface area contributed by atoms with Gasteiger partial charge in [0.05, 0.1) is 12.1 Å². The number of hydrogen-bond acceptors (Lipinski definition) is 3. The molecule has 2 aliphatic rings. The zero-order valence-corrected chi connectivity index (χ0v) is 14.4. The lowest BCUT2D eigenvalue weighted by Crippen LogP contribution is -2.50. The summed E-state index contributed by atoms with van der Waals surface area (Å²) in [4.78, 5) is 16.1. The molecule has 1 N–H and O–H groups in total. The Morgan fingerprint density at radius 2 is 1.92 bits per heavy atom. The molecule has 7 heteroatoms. The van der Waals surface area contributed by atoms with Gasteiger partial charge in [-0.15, -0.1) is 0 Å². The van der Waals surface area contributed by atoms with Gasteiger partial charge >= 0.3 is 6.18 Å². The fourth-order valence-electron chi connectivity index (χ4n) is 3.26. The molecule has 4 nitrogen and oxygen atoms in total. The fourth-order valence-corrected chi connectivity index (χ4v) is 3.26. The second kappa shape index (κ2) is 7.23. The number of anilines is 1. The van der Waals surface area contributed by atoms with Gasteiger partial charge in [-0.25, -0.2) is 0 Å². The van der Waals surface area contributed by atoms with Crippen LogP contribution in [0.1, 0.15) is 25.3 Å². The second-order valence-electron chi connectivity index (χ2n) is 7.00. The van der Waals surface area contributed by atoms with Gasteiger partial charge < -0.3 is 10.2 Å². The first-order valence-electron chi connectivity index (χ1n) is 8.77. The van der Waals surface area contributed by atoms with E-state index in [-0.39, 0.29) is 11.9 Å². The molecule has 0 aromatic heterocycles. The number of rotatable bonds is 5. The van der Waals surface area contributed by atoms with Crippen LogP contribution >= 0.6 is 0 Å². The van der Waals surface area contributed by atoms with E-state index in [4.69, 9.17) is 0 Å². The van der Waals surface area contributed by atoms with Crippen molar-refractivity contribution in [3.05, 3.63) is 29.8 Å². The second-order valence-corrected chi connectivity index (χ2v) is 7.00. The van der Waals surface area contributed by atoms with Crippen molar-refractivity contribution < 1.29 is 18.0 Å². The molecule has 1 heterocycles. The zero-order chi connectivity index (χ0) is 18.0. The van der Waals surface area contributed by atoms with Crippen molar-refractivity contribution in [1.29, 1.82) is 0 Å². The summed E-state index contributed by atoms with van der Waals surface area (Å²) >= 11 is 0. The van der Waals surface area contributed by atoms with Crippen LogP contribution in [0.5, 0.6) is 0 Å². The predicted octanol–water partition coefficient (Wildman–Crippen LogP) is 2.74. The molecule has 1 aromatic carbocycles. The number of nitrogens with zero attached hydrogens (tertiary/aromatic N) is 2. The number of amides is 1. The van der Waals surface area contributed by atoms with Crippen LogP contribution in [0.25, 0.3) is 0 Å². The average molecular weight is 355 g/mol. The van der Waals surface area contributed by atoms with Gasteiger partial charge in [0.15, 0.2) is 0 Å². The highest BCUT2D eigenvalue weighted by atomic mass is 19.4. The largest absolute Gasteiger partial charge is 0.416 e. The number of halogens is 3. The van der Waals surface area contributed by atoms with E-state index in [1.807, 2.05) is 11.8 Å². The molecule has 1 aromatic rings. The maximum Gasteiger partial charge on any atom is 0.416 e. The van der Waals surface area contributed by atoms with E-state index in [1.165, 1.54) is 25.0 Å². The van der Waals surface area contributed by atoms with Gasteiger partial charge in [-0.1, -0.05) is 6.07 Å². The van der Waals surface area contributed by atoms with Gasteiger partial charge in [-0.2, -0.15) is 13.2 Å². The van der Waals surface area contributed by atoms with E-state index in [9.17, 15) is 18.0 Å². The van der Waals surface area contributed by atoms with E-state index in [0.717, 1.165) is 6.07 Å². The Labute approximate surface area is 146 Å². The van der Waals surface area contributed by atoms with Gasteiger partial charge in [0.1, 0.15) is 0 Å². The van der Waals surface area contributed by atoms with Crippen LogP contribution in [-0.4, -0.2) is 49.6 Å². The lowest BCUT2D eigenvalue weighted by atomic mass is 10.1. The van der Waals surface area contributed by atoms with Crippen LogP contribution in [0.15, 0.2) is 24.3 Å². The predicted molar refractivity (Wildman–Crippen MR) is 90.4 cm³/mol. The molecule has 138 valence electrons. The summed E-state index contributed by atoms with van der Waals surface area (Å²) in [7, 11) is 0. The van der Waals surface area contributed by atoms with Crippen LogP contribution in [0.3, 0.4) is 0 Å². The Balaban J connectivity index is 1.49. The van der Waals surface area contributed by atoms with E-state index < -0.39 is 11.7 Å². The molecule has 0 radical (unpaired) electrons. The summed E-state index contributed by atoms with van der Waals surface area (Å²) in [5, 5.41) is 3.04. The summed E-state index contributed by atoms with van der Waals surface area (Å²) in [5.74, 6) is 0.661. The summed E-state index contributed by atoms with van der Waals surface area (Å²) in [5.41, 5.74) is -0.0397. The number of piperazine rings is 1. The van der Waals surface area contributed by atoms with Crippen molar-refractivity contribution in [2.75, 3.05) is 37.6 Å². The van der Waals surface area contributed by atoms with Crippen molar-refractivity contribution in [1.82, 2.24) is 10.2 Å². The third-order valence-electron chi connectivity index (χ3n) is 5.00. The molecule has 2 fully saturated rings. The third-order valence-corrected chi connectivity index (χ3v) is 5.00. The van der Waals surface area contributed by atoms with Crippen molar-refractivity contribution in [2.24, 2.45) is 5.92 Å². The van der Waals surface area contributed by atoms with Crippen molar-refractivity contribution in [2.45, 2.75) is 32.0 Å². The number of carbonyl (C=O) groups excluding carboxylic acids is 1. The van der Waals surface area contributed by atoms with Crippen molar-refractivity contribution in [3.63, 3.8) is 0 Å². The summed E-state index contributed by atoms with van der Waals surface area (Å²) in [6.45, 7) is 4.97. The molecule has 0 bridgehead atoms. The van der Waals surface area contributed by atoms with Crippen LogP contribution < -0.4 is 10.2 Å². The number of carbonyl (C=O) groups is 1. The van der Waals surface area contributed by atoms with E-state index in [0.29, 0.717) is 44.3 Å². The Morgan fingerprint density at radius 3 is 2.52 bits per heavy atom. The summed E-state index contributed by atoms with van der Waals surface area (Å²) < 4.78 is 38.5. The number of nitrogens with one attached hydrogen (secondary N) is 1. The highest BCUT2D eigenvalue weighted by Crippen LogP contribution is 2.32. The maximum atomic E-state index is 12.8. The number of hydrogen-bond donors (Lipinski definition) is 1. The Morgan fingerprint density at radius 1 is 1.24 bits per heavy atom. The quantitative estimate of drug-likeness (QED) is 0.882. The fraction of sp³-hybridized carbons (Fsp3) is 0.611. The minimum absolute atomic E-state index is 0.0342. The molecular formula is C18H24F3N3O. The minimum Gasteiger partial charge on any atom is -0.369 e. The minimum atomic E-state index is -4.33. The lowest BCUT2D eigenvalue weighted by molar-refractivity contribution is -0.137. The van der Waals surface area contributed by atoms with Gasteiger partial charge in [-0.05, 0) is 43.9 Å². The molecule has 1 amide bonds. The van der Waals surface area contributed by atoms with Crippen molar-refractivity contribution >= 4 is 11.6 Å². The highest BCUT2D eigenvalue weighted by molar-refractivity contribution is 5.78. The van der Waals surface area contributed by atoms with Crippen LogP contribution in [-0.2, 0) is 11.0 Å². The molecular weight excluding hydrogens is 331 g/mol. The lowest BCUT2D eigenvalue weighted by Gasteiger charge is -2.36. The SMILES string of the molecule is C[C@@H](NC(=O)CN1CCN(c2cccc(C(F)(F)F)c2)CC1)C1CC1. The molecule has 1 aliphatic carbocycles. The smallest absolute Gasteiger partial charge is 0.369 e. The summed E-state index contributed by atoms with van der Waals surface area (Å²) in [6.07, 6.45) is -1.94. The monoisotopic (exact) mass is 355 g/mol. The maximum absolute atomic E-state index is 12.8. The first-order valence-corrected chi connectivity index (χ1v) is 8.77. The van der Waals surface area contributed by atoms with Gasteiger partial charge in [-0.3, -0.25) is 9.69 Å². The average Bonchev–Trinajstić information content (AvgIpc) is 3.40. The van der Waals surface area contributed by atoms with Gasteiger partial charge in [0.25, 0.3) is 0 Å². The zero-order valence-electron chi connectivity index (χ0n) is 14.4. The Hall–Kier alpha value is -1.76. The topological polar surface area (TPSA) is 35.6 Å². The highest BCUT2D eigenvalue weighted by Gasteiger charge is 2.31. The first-order chi connectivity index (χ1) is 11.8. The first kappa shape index (κ1) is 18.0. The Kier molecular flexibility index (Phi) is 5.22. The molecule has 1 saturated carbocycles. The Bertz CT molecular complexity index is 608. The van der Waals surface area contributed by atoms with Crippen LogP contribution in [0.2, 0.25) is 0 Å². The van der Waals surface area contributed by atoms with E-state index >= 15 is 0 Å². The molecule has 1 saturated heterocycles. The molecule has 0 spiro atoms. The normalized spacial score (nSPS) is 20.4. The molecule has 25 heavy (non-hydrogen) atoms. The summed E-state index contributed by atoms with van der Waals surface area (Å²) in [6, 6.07) is 5.66. The standard InChI is InChI=1S/C18H24F3N3O/c1-13(14-5-6-14)22-17(25)12-23-7-9-24(10-8-23)16-4-2-3-15(11-16)18(19,20)21/h2-4,11,13-14H,5-10,12H2,1H3,(H,22,25)/t13-/m1/s1. The van der Waals surface area contributed by atoms with Crippen LogP contribution in [0, 0.1) is 5.92 Å². The number of benzene rings is 1. The number of alkyl halides is 3.